The van der Waals surface area contributed by atoms with Crippen molar-refractivity contribution in [1.82, 2.24) is 45.5 Å². The number of amides is 5. The van der Waals surface area contributed by atoms with E-state index in [9.17, 15) is 24.0 Å². The van der Waals surface area contributed by atoms with Crippen molar-refractivity contribution in [2.45, 2.75) is 95.3 Å². The molecule has 1 unspecified atom stereocenters. The largest absolute Gasteiger partial charge is 0.494 e. The third-order valence-electron chi connectivity index (χ3n) is 15.4. The summed E-state index contributed by atoms with van der Waals surface area (Å²) < 4.78 is 23.2. The molecule has 5 amide bonds. The molecule has 20 heteroatoms. The third kappa shape index (κ3) is 15.1. The van der Waals surface area contributed by atoms with E-state index in [1.54, 1.807) is 17.3 Å². The number of nitrogens with one attached hydrogen (secondary N) is 4. The SMILES string of the molecule is C[C@@H](NC(=O)c1cccc(NC2(c3nnc(-c4ccncc4)[nH]3)CCN(C)CC2)c1)c1ccc(OCCCCCCOCCOCCOCCCC(=O)N2CCN(c3ccc4c(c3)CN(C3CCC(=O)NC3=O)C4=O)CC2)cc1. The molecule has 3 aromatic carbocycles. The van der Waals surface area contributed by atoms with Gasteiger partial charge in [-0.05, 0) is 131 Å². The number of fused-ring (bicyclic) bond motifs is 1. The maximum absolute atomic E-state index is 13.6. The molecule has 2 aromatic heterocycles. The van der Waals surface area contributed by atoms with Crippen LogP contribution >= 0.6 is 0 Å². The summed E-state index contributed by atoms with van der Waals surface area (Å²) in [7, 11) is 2.12. The van der Waals surface area contributed by atoms with Crippen LogP contribution in [-0.2, 0) is 40.7 Å². The van der Waals surface area contributed by atoms with Gasteiger partial charge in [-0.25, -0.2) is 0 Å². The Kier molecular flexibility index (Phi) is 19.7. The van der Waals surface area contributed by atoms with Crippen LogP contribution in [0.3, 0.4) is 0 Å². The highest BCUT2D eigenvalue weighted by atomic mass is 16.5. The molecule has 3 fully saturated rings. The molecule has 3 saturated heterocycles. The lowest BCUT2D eigenvalue weighted by molar-refractivity contribution is -0.137. The number of rotatable bonds is 27. The van der Waals surface area contributed by atoms with Crippen LogP contribution in [-0.4, -0.2) is 163 Å². The topological polar surface area (TPSA) is 226 Å². The number of hydrogen-bond acceptors (Lipinski definition) is 15. The van der Waals surface area contributed by atoms with Crippen LogP contribution in [0.5, 0.6) is 5.75 Å². The van der Waals surface area contributed by atoms with E-state index in [1.807, 2.05) is 90.7 Å². The van der Waals surface area contributed by atoms with Crippen LogP contribution in [0.15, 0.2) is 91.3 Å². The Labute approximate surface area is 462 Å². The number of piperazine rings is 1. The Hall–Kier alpha value is -7.26. The summed E-state index contributed by atoms with van der Waals surface area (Å²) in [5, 5.41) is 18.3. The summed E-state index contributed by atoms with van der Waals surface area (Å²) >= 11 is 0. The average Bonchev–Trinajstić information content (AvgIpc) is 4.23. The van der Waals surface area contributed by atoms with Crippen LogP contribution < -0.4 is 25.6 Å². The van der Waals surface area contributed by atoms with Crippen LogP contribution in [0.2, 0.25) is 0 Å². The lowest BCUT2D eigenvalue weighted by atomic mass is 9.86. The quantitative estimate of drug-likeness (QED) is 0.0336. The van der Waals surface area contributed by atoms with Gasteiger partial charge in [0.25, 0.3) is 11.8 Å². The molecule has 4 N–H and O–H groups in total. The van der Waals surface area contributed by atoms with Crippen LogP contribution in [0.1, 0.15) is 115 Å². The van der Waals surface area contributed by atoms with Crippen molar-refractivity contribution in [3.8, 4) is 17.1 Å². The normalized spacial score (nSPS) is 17.8. The number of carbonyl (C=O) groups is 5. The molecule has 0 saturated carbocycles. The van der Waals surface area contributed by atoms with E-state index in [1.165, 1.54) is 0 Å². The summed E-state index contributed by atoms with van der Waals surface area (Å²) in [5.41, 5.74) is 5.29. The van der Waals surface area contributed by atoms with E-state index >= 15 is 0 Å². The van der Waals surface area contributed by atoms with Crippen molar-refractivity contribution in [3.05, 3.63) is 119 Å². The van der Waals surface area contributed by atoms with Crippen LogP contribution in [0, 0.1) is 0 Å². The van der Waals surface area contributed by atoms with E-state index in [0.29, 0.717) is 115 Å². The summed E-state index contributed by atoms with van der Waals surface area (Å²) in [5.74, 6) is 1.33. The van der Waals surface area contributed by atoms with Crippen molar-refractivity contribution in [2.75, 3.05) is 103 Å². The number of hydrogen-bond donors (Lipinski definition) is 4. The van der Waals surface area contributed by atoms with Crippen LogP contribution in [0.4, 0.5) is 11.4 Å². The molecule has 0 bridgehead atoms. The first-order chi connectivity index (χ1) is 38.5. The first-order valence-electron chi connectivity index (χ1n) is 28.0. The second-order valence-electron chi connectivity index (χ2n) is 20.9. The Morgan fingerprint density at radius 1 is 0.772 bits per heavy atom. The number of piperidine rings is 2. The Morgan fingerprint density at radius 3 is 2.22 bits per heavy atom. The van der Waals surface area contributed by atoms with E-state index < -0.39 is 17.5 Å². The smallest absolute Gasteiger partial charge is 0.255 e. The minimum absolute atomic E-state index is 0.120. The fraction of sp³-hybridized carbons (Fsp3) is 0.492. The number of anilines is 2. The van der Waals surface area contributed by atoms with Crippen molar-refractivity contribution in [1.29, 1.82) is 0 Å². The molecule has 420 valence electrons. The fourth-order valence-corrected chi connectivity index (χ4v) is 10.6. The number of aromatic amines is 1. The van der Waals surface area contributed by atoms with Gasteiger partial charge in [0.05, 0.1) is 44.6 Å². The van der Waals surface area contributed by atoms with Gasteiger partial charge < -0.3 is 54.2 Å². The summed E-state index contributed by atoms with van der Waals surface area (Å²) in [4.78, 5) is 79.2. The number of aromatic nitrogens is 4. The number of imide groups is 1. The van der Waals surface area contributed by atoms with Crippen molar-refractivity contribution >= 4 is 40.9 Å². The number of unbranched alkanes of at least 4 members (excludes halogenated alkanes) is 3. The average molecular weight is 1080 g/mol. The first-order valence-corrected chi connectivity index (χ1v) is 28.0. The number of nitrogens with zero attached hydrogens (tertiary/aromatic N) is 7. The molecule has 5 aromatic rings. The molecular weight excluding hydrogens is 1010 g/mol. The van der Waals surface area contributed by atoms with Gasteiger partial charge in [-0.15, -0.1) is 10.2 Å². The minimum atomic E-state index is -0.638. The lowest BCUT2D eigenvalue weighted by Crippen LogP contribution is -2.52. The van der Waals surface area contributed by atoms with E-state index in [0.717, 1.165) is 91.3 Å². The number of likely N-dealkylation sites (tertiary alicyclic amines) is 1. The van der Waals surface area contributed by atoms with E-state index in [2.05, 4.69) is 53.0 Å². The summed E-state index contributed by atoms with van der Waals surface area (Å²) in [6.07, 6.45) is 10.8. The highest BCUT2D eigenvalue weighted by Crippen LogP contribution is 2.36. The Bertz CT molecular complexity index is 2830. The zero-order chi connectivity index (χ0) is 55.0. The summed E-state index contributed by atoms with van der Waals surface area (Å²) in [6.45, 7) is 10.5. The number of ether oxygens (including phenoxy) is 4. The maximum Gasteiger partial charge on any atom is 0.255 e. The fourth-order valence-electron chi connectivity index (χ4n) is 10.6. The van der Waals surface area contributed by atoms with E-state index in [4.69, 9.17) is 18.9 Å². The Morgan fingerprint density at radius 2 is 1.48 bits per heavy atom. The van der Waals surface area contributed by atoms with Gasteiger partial charge in [-0.3, -0.25) is 34.3 Å². The highest BCUT2D eigenvalue weighted by Gasteiger charge is 2.41. The molecule has 4 aliphatic heterocycles. The van der Waals surface area contributed by atoms with Gasteiger partial charge in [-0.1, -0.05) is 24.6 Å². The molecule has 20 nitrogen and oxygen atoms in total. The first kappa shape index (κ1) is 56.5. The van der Waals surface area contributed by atoms with Crippen molar-refractivity contribution in [3.63, 3.8) is 0 Å². The molecule has 0 aliphatic carbocycles. The van der Waals surface area contributed by atoms with Crippen molar-refractivity contribution < 1.29 is 42.9 Å². The minimum Gasteiger partial charge on any atom is -0.494 e. The predicted octanol–water partition coefficient (Wildman–Crippen LogP) is 6.27. The molecule has 79 heavy (non-hydrogen) atoms. The molecule has 0 spiro atoms. The van der Waals surface area contributed by atoms with Gasteiger partial charge in [0.1, 0.15) is 11.8 Å². The molecule has 0 radical (unpaired) electrons. The Balaban J connectivity index is 0.567. The van der Waals surface area contributed by atoms with Crippen LogP contribution in [0.25, 0.3) is 11.4 Å². The number of pyridine rings is 1. The van der Waals surface area contributed by atoms with E-state index in [-0.39, 0.29) is 36.1 Å². The maximum atomic E-state index is 13.6. The second-order valence-corrected chi connectivity index (χ2v) is 20.9. The molecule has 2 atom stereocenters. The van der Waals surface area contributed by atoms with Gasteiger partial charge in [0, 0.05) is 112 Å². The van der Waals surface area contributed by atoms with Gasteiger partial charge in [0.15, 0.2) is 11.6 Å². The van der Waals surface area contributed by atoms with Gasteiger partial charge in [0.2, 0.25) is 17.7 Å². The van der Waals surface area contributed by atoms with Gasteiger partial charge in [-0.2, -0.15) is 0 Å². The highest BCUT2D eigenvalue weighted by molar-refractivity contribution is 6.05. The molecule has 6 heterocycles. The zero-order valence-electron chi connectivity index (χ0n) is 45.6. The van der Waals surface area contributed by atoms with Crippen molar-refractivity contribution in [2.24, 2.45) is 0 Å². The number of carbonyl (C=O) groups excluding carboxylic acids is 5. The second kappa shape index (κ2) is 27.6. The van der Waals surface area contributed by atoms with Gasteiger partial charge >= 0.3 is 0 Å². The predicted molar refractivity (Wildman–Crippen MR) is 297 cm³/mol. The number of benzene rings is 3. The molecular formula is C59H75N11O9. The molecule has 9 rings (SSSR count). The monoisotopic (exact) mass is 1080 g/mol. The number of H-pyrrole nitrogens is 1. The zero-order valence-corrected chi connectivity index (χ0v) is 45.6. The standard InChI is InChI=1S/C59H75N11O9/c1-42(61-55(73)45-9-7-10-47(39-45)64-59(22-26-67(2)27-23-59)58-63-54(65-66-58)44-20-24-60-25-21-44)43-12-15-49(16-13-43)79-34-6-4-3-5-32-76-35-37-78-38-36-77-33-8-11-53(72)69-30-28-68(29-31-69)48-14-17-50-46(40-48)41-70(57(50)75)51-18-19-52(71)62-56(51)74/h7,9-10,12-17,20-21,24-25,39-40,42,51,64H,3-6,8,11,18-19,22-23,26-38,41H2,1-2H3,(H,61,73)(H,62,71,74)(H,63,65,66)/t42-,51?/m1/s1. The summed E-state index contributed by atoms with van der Waals surface area (Å²) in [6, 6.07) is 24.3. The lowest BCUT2D eigenvalue weighted by Gasteiger charge is -2.40. The molecule has 4 aliphatic rings. The third-order valence-corrected chi connectivity index (χ3v) is 15.4.